The molecule has 0 spiro atoms. The van der Waals surface area contributed by atoms with Crippen molar-refractivity contribution in [2.24, 2.45) is 0 Å². The highest BCUT2D eigenvalue weighted by atomic mass is 32.1. The molecule has 0 saturated heterocycles. The maximum absolute atomic E-state index is 12.9. The maximum atomic E-state index is 12.9. The molecule has 3 aromatic rings. The first-order valence-electron chi connectivity index (χ1n) is 8.04. The fourth-order valence-electron chi connectivity index (χ4n) is 3.05. The summed E-state index contributed by atoms with van der Waals surface area (Å²) in [5, 5.41) is 2.43. The molecule has 132 valence electrons. The minimum atomic E-state index is -0.313. The molecule has 0 atom stereocenters. The van der Waals surface area contributed by atoms with Crippen LogP contribution in [0.2, 0.25) is 0 Å². The van der Waals surface area contributed by atoms with Crippen LogP contribution in [0.25, 0.3) is 10.2 Å². The van der Waals surface area contributed by atoms with E-state index in [2.05, 4.69) is 10.4 Å². The average Bonchev–Trinajstić information content (AvgIpc) is 3.10. The third-order valence-electron chi connectivity index (χ3n) is 4.32. The Hall–Kier alpha value is -1.77. The third kappa shape index (κ3) is 2.98. The van der Waals surface area contributed by atoms with E-state index >= 15 is 0 Å². The highest BCUT2D eigenvalue weighted by molar-refractivity contribution is 7.71. The zero-order chi connectivity index (χ0) is 18.3. The van der Waals surface area contributed by atoms with Gasteiger partial charge in [0.05, 0.1) is 10.9 Å². The number of rotatable bonds is 4. The van der Waals surface area contributed by atoms with Gasteiger partial charge < -0.3 is 4.98 Å². The predicted molar refractivity (Wildman–Crippen MR) is 108 cm³/mol. The van der Waals surface area contributed by atoms with E-state index < -0.39 is 0 Å². The number of fused-ring (bicyclic) bond motifs is 1. The minimum absolute atomic E-state index is 0.194. The number of hydrogen-bond donors (Lipinski definition) is 2. The summed E-state index contributed by atoms with van der Waals surface area (Å²) < 4.78 is 1.34. The SMILES string of the molecule is CCc1c(C(=O)Nn2c(=S)[nH]c3sc(C)c(CC)c3c2=O)csc1C. The van der Waals surface area contributed by atoms with Gasteiger partial charge in [0.2, 0.25) is 4.77 Å². The molecule has 0 bridgehead atoms. The lowest BCUT2D eigenvalue weighted by Gasteiger charge is -2.09. The Bertz CT molecular complexity index is 1090. The van der Waals surface area contributed by atoms with E-state index in [1.807, 2.05) is 33.1 Å². The Kier molecular flexibility index (Phi) is 4.95. The Morgan fingerprint density at radius 1 is 1.24 bits per heavy atom. The largest absolute Gasteiger partial charge is 0.322 e. The molecule has 25 heavy (non-hydrogen) atoms. The number of carbonyl (C=O) groups excluding carboxylic acids is 1. The molecule has 5 nitrogen and oxygen atoms in total. The molecular weight excluding hydrogens is 374 g/mol. The Morgan fingerprint density at radius 3 is 2.56 bits per heavy atom. The average molecular weight is 394 g/mol. The Morgan fingerprint density at radius 2 is 1.92 bits per heavy atom. The zero-order valence-electron chi connectivity index (χ0n) is 14.5. The van der Waals surface area contributed by atoms with E-state index in [-0.39, 0.29) is 16.2 Å². The summed E-state index contributed by atoms with van der Waals surface area (Å²) in [5.41, 5.74) is 5.00. The monoisotopic (exact) mass is 393 g/mol. The lowest BCUT2D eigenvalue weighted by molar-refractivity contribution is 0.101. The summed E-state index contributed by atoms with van der Waals surface area (Å²) in [6, 6.07) is 0. The second-order valence-corrected chi connectivity index (χ2v) is 8.44. The van der Waals surface area contributed by atoms with Gasteiger partial charge in [-0.1, -0.05) is 13.8 Å². The van der Waals surface area contributed by atoms with Gasteiger partial charge in [0, 0.05) is 15.1 Å². The van der Waals surface area contributed by atoms with Crippen molar-refractivity contribution in [2.75, 3.05) is 5.43 Å². The fraction of sp³-hybridized carbons (Fsp3) is 0.353. The van der Waals surface area contributed by atoms with Crippen molar-refractivity contribution >= 4 is 51.0 Å². The molecule has 1 amide bonds. The lowest BCUT2D eigenvalue weighted by atomic mass is 10.1. The number of carbonyl (C=O) groups is 1. The molecule has 8 heteroatoms. The van der Waals surface area contributed by atoms with Gasteiger partial charge in [-0.25, -0.2) is 0 Å². The van der Waals surface area contributed by atoms with Crippen molar-refractivity contribution in [3.05, 3.63) is 46.9 Å². The van der Waals surface area contributed by atoms with Crippen molar-refractivity contribution in [1.82, 2.24) is 9.66 Å². The quantitative estimate of drug-likeness (QED) is 0.649. The zero-order valence-corrected chi connectivity index (χ0v) is 16.9. The minimum Gasteiger partial charge on any atom is -0.322 e. The maximum Gasteiger partial charge on any atom is 0.282 e. The summed E-state index contributed by atoms with van der Waals surface area (Å²) in [5.74, 6) is -0.313. The Labute approximate surface area is 158 Å². The molecule has 3 heterocycles. The van der Waals surface area contributed by atoms with Gasteiger partial charge in [0.1, 0.15) is 4.83 Å². The number of nitrogens with zero attached hydrogens (tertiary/aromatic N) is 1. The first-order valence-corrected chi connectivity index (χ1v) is 10.1. The third-order valence-corrected chi connectivity index (χ3v) is 6.62. The molecule has 0 fully saturated rings. The van der Waals surface area contributed by atoms with Crippen LogP contribution in [0.3, 0.4) is 0 Å². The van der Waals surface area contributed by atoms with Crippen molar-refractivity contribution in [3.63, 3.8) is 0 Å². The van der Waals surface area contributed by atoms with Gasteiger partial charge in [-0.2, -0.15) is 4.68 Å². The van der Waals surface area contributed by atoms with Gasteiger partial charge in [0.15, 0.2) is 0 Å². The number of amides is 1. The first-order chi connectivity index (χ1) is 11.9. The summed E-state index contributed by atoms with van der Waals surface area (Å²) in [6.07, 6.45) is 1.52. The van der Waals surface area contributed by atoms with Crippen LogP contribution in [-0.2, 0) is 12.8 Å². The molecule has 0 aromatic carbocycles. The van der Waals surface area contributed by atoms with Crippen LogP contribution in [0, 0.1) is 18.6 Å². The smallest absolute Gasteiger partial charge is 0.282 e. The highest BCUT2D eigenvalue weighted by Crippen LogP contribution is 2.27. The van der Waals surface area contributed by atoms with Crippen LogP contribution >= 0.6 is 34.9 Å². The number of H-pyrrole nitrogens is 1. The van der Waals surface area contributed by atoms with Gasteiger partial charge in [-0.3, -0.25) is 15.0 Å². The van der Waals surface area contributed by atoms with Crippen LogP contribution in [-0.4, -0.2) is 15.6 Å². The summed E-state index contributed by atoms with van der Waals surface area (Å²) in [4.78, 5) is 31.7. The van der Waals surface area contributed by atoms with Crippen molar-refractivity contribution in [2.45, 2.75) is 40.5 Å². The number of thiophene rings is 2. The van der Waals surface area contributed by atoms with E-state index in [1.165, 1.54) is 22.7 Å². The molecule has 0 aliphatic heterocycles. The van der Waals surface area contributed by atoms with Crippen LogP contribution in [0.1, 0.15) is 45.1 Å². The number of aromatic nitrogens is 2. The van der Waals surface area contributed by atoms with Gasteiger partial charge in [-0.05, 0) is 50.0 Å². The van der Waals surface area contributed by atoms with Crippen molar-refractivity contribution in [1.29, 1.82) is 0 Å². The highest BCUT2D eigenvalue weighted by Gasteiger charge is 2.18. The lowest BCUT2D eigenvalue weighted by Crippen LogP contribution is -2.34. The van der Waals surface area contributed by atoms with Crippen LogP contribution in [0.4, 0.5) is 0 Å². The van der Waals surface area contributed by atoms with Gasteiger partial charge in [0.25, 0.3) is 11.5 Å². The van der Waals surface area contributed by atoms with E-state index in [1.54, 1.807) is 0 Å². The summed E-state index contributed by atoms with van der Waals surface area (Å²) in [7, 11) is 0. The van der Waals surface area contributed by atoms with Gasteiger partial charge >= 0.3 is 0 Å². The molecule has 0 aliphatic rings. The molecular formula is C17H19N3O2S3. The molecule has 2 N–H and O–H groups in total. The first kappa shape index (κ1) is 18.0. The topological polar surface area (TPSA) is 66.9 Å². The number of aromatic amines is 1. The van der Waals surface area contributed by atoms with E-state index in [0.29, 0.717) is 10.9 Å². The summed E-state index contributed by atoms with van der Waals surface area (Å²) in [6.45, 7) is 8.01. The van der Waals surface area contributed by atoms with Gasteiger partial charge in [-0.15, -0.1) is 22.7 Å². The molecule has 3 rings (SSSR count). The number of aryl methyl sites for hydroxylation is 3. The second kappa shape index (κ2) is 6.86. The molecule has 0 aliphatic carbocycles. The van der Waals surface area contributed by atoms with E-state index in [0.717, 1.165) is 43.2 Å². The van der Waals surface area contributed by atoms with Crippen LogP contribution in [0.15, 0.2) is 10.2 Å². The fourth-order valence-corrected chi connectivity index (χ4v) is 5.42. The van der Waals surface area contributed by atoms with Crippen LogP contribution < -0.4 is 11.0 Å². The standard InChI is InChI=1S/C17H19N3O2S3/c1-5-10-8(3)24-7-12(10)14(21)19-20-16(22)13-11(6-2)9(4)25-15(13)18-17(20)23/h7H,5-6H2,1-4H3,(H,18,23)(H,19,21). The summed E-state index contributed by atoms with van der Waals surface area (Å²) >= 11 is 8.35. The molecule has 3 aromatic heterocycles. The van der Waals surface area contributed by atoms with E-state index in [4.69, 9.17) is 12.2 Å². The van der Waals surface area contributed by atoms with Crippen molar-refractivity contribution < 1.29 is 4.79 Å². The number of hydrogen-bond acceptors (Lipinski definition) is 5. The Balaban J connectivity index is 2.11. The van der Waals surface area contributed by atoms with Crippen LogP contribution in [0.5, 0.6) is 0 Å². The predicted octanol–water partition coefficient (Wildman–Crippen LogP) is 4.31. The number of nitrogens with one attached hydrogen (secondary N) is 2. The van der Waals surface area contributed by atoms with Crippen molar-refractivity contribution in [3.8, 4) is 0 Å². The normalized spacial score (nSPS) is 11.2. The molecule has 0 unspecified atom stereocenters. The van der Waals surface area contributed by atoms with E-state index in [9.17, 15) is 9.59 Å². The second-order valence-electron chi connectivity index (χ2n) is 5.74. The molecule has 0 radical (unpaired) electrons. The molecule has 0 saturated carbocycles.